The van der Waals surface area contributed by atoms with E-state index in [0.717, 1.165) is 10.9 Å². The maximum Gasteiger partial charge on any atom is 0.264 e. The first-order chi connectivity index (χ1) is 12.3. The minimum atomic E-state index is -3.82. The summed E-state index contributed by atoms with van der Waals surface area (Å²) in [6.45, 7) is 1.65. The van der Waals surface area contributed by atoms with Crippen LogP contribution in [0.2, 0.25) is 0 Å². The second-order valence-corrected chi connectivity index (χ2v) is 7.38. The van der Waals surface area contributed by atoms with Crippen LogP contribution in [0.25, 0.3) is 10.9 Å². The lowest BCUT2D eigenvalue weighted by atomic mass is 10.2. The Morgan fingerprint density at radius 1 is 1.19 bits per heavy atom. The third-order valence-electron chi connectivity index (χ3n) is 3.59. The number of anilines is 1. The van der Waals surface area contributed by atoms with Gasteiger partial charge in [0.25, 0.3) is 15.9 Å². The van der Waals surface area contributed by atoms with Crippen LogP contribution in [-0.4, -0.2) is 25.9 Å². The van der Waals surface area contributed by atoms with Gasteiger partial charge in [-0.05, 0) is 48.9 Å². The lowest BCUT2D eigenvalue weighted by Gasteiger charge is -2.11. The fourth-order valence-corrected chi connectivity index (χ4v) is 3.68. The van der Waals surface area contributed by atoms with E-state index >= 15 is 0 Å². The average molecular weight is 371 g/mol. The number of carbonyl (C=O) groups is 1. The van der Waals surface area contributed by atoms with E-state index < -0.39 is 15.9 Å². The topological polar surface area (TPSA) is 111 Å². The number of benzene rings is 2. The van der Waals surface area contributed by atoms with Crippen LogP contribution in [0.3, 0.4) is 0 Å². The molecule has 0 aliphatic heterocycles. The normalized spacial score (nSPS) is 11.3. The number of rotatable bonds is 6. The molecule has 0 atom stereocenters. The second-order valence-electron chi connectivity index (χ2n) is 5.73. The summed E-state index contributed by atoms with van der Waals surface area (Å²) in [5.41, 5.74) is 6.73. The summed E-state index contributed by atoms with van der Waals surface area (Å²) in [7, 11) is -3.82. The van der Waals surface area contributed by atoms with Gasteiger partial charge in [-0.15, -0.1) is 0 Å². The Balaban J connectivity index is 1.86. The maximum atomic E-state index is 12.8. The van der Waals surface area contributed by atoms with Crippen LogP contribution in [0.1, 0.15) is 5.56 Å². The summed E-state index contributed by atoms with van der Waals surface area (Å²) < 4.78 is 33.2. The first kappa shape index (κ1) is 17.7. The Morgan fingerprint density at radius 2 is 1.92 bits per heavy atom. The Bertz CT molecular complexity index is 1060. The summed E-state index contributed by atoms with van der Waals surface area (Å²) >= 11 is 0. The number of sulfonamides is 1. The summed E-state index contributed by atoms with van der Waals surface area (Å²) in [4.78, 5) is 15.1. The smallest absolute Gasteiger partial charge is 0.264 e. The van der Waals surface area contributed by atoms with Crippen LogP contribution in [0.4, 0.5) is 5.69 Å². The number of nitrogens with one attached hydrogen (secondary N) is 1. The number of ether oxygens (including phenoxy) is 1. The number of hydrogen-bond donors (Lipinski definition) is 2. The zero-order chi connectivity index (χ0) is 18.7. The van der Waals surface area contributed by atoms with Gasteiger partial charge in [-0.1, -0.05) is 12.1 Å². The summed E-state index contributed by atoms with van der Waals surface area (Å²) in [6, 6.07) is 13.1. The number of aryl methyl sites for hydroxylation is 1. The Labute approximate surface area is 150 Å². The molecule has 3 rings (SSSR count). The fraction of sp³-hybridized carbons (Fsp3) is 0.111. The number of hydrogen-bond acceptors (Lipinski definition) is 5. The number of amides is 1. The standard InChI is InChI=1S/C18H17N3O4S/c1-12-9-13-3-2-4-16(18(13)20-10-12)26(23,24)21-14-5-7-15(8-6-14)25-11-17(19)22/h2-10,21H,11H2,1H3,(H2,19,22). The minimum Gasteiger partial charge on any atom is -0.484 e. The highest BCUT2D eigenvalue weighted by molar-refractivity contribution is 7.93. The van der Waals surface area contributed by atoms with E-state index in [-0.39, 0.29) is 11.5 Å². The third-order valence-corrected chi connectivity index (χ3v) is 5.00. The molecule has 0 aliphatic rings. The summed E-state index contributed by atoms with van der Waals surface area (Å²) in [5, 5.41) is 0.753. The van der Waals surface area contributed by atoms with Crippen molar-refractivity contribution in [2.24, 2.45) is 5.73 Å². The van der Waals surface area contributed by atoms with Crippen molar-refractivity contribution in [3.8, 4) is 5.75 Å². The summed E-state index contributed by atoms with van der Waals surface area (Å²) in [5.74, 6) is -0.178. The third kappa shape index (κ3) is 3.92. The second kappa shape index (κ2) is 7.01. The van der Waals surface area contributed by atoms with Crippen molar-refractivity contribution in [3.63, 3.8) is 0 Å². The molecule has 2 aromatic carbocycles. The van der Waals surface area contributed by atoms with Crippen LogP contribution in [0.15, 0.2) is 59.6 Å². The van der Waals surface area contributed by atoms with E-state index in [1.807, 2.05) is 19.1 Å². The number of para-hydroxylation sites is 1. The number of fused-ring (bicyclic) bond motifs is 1. The zero-order valence-corrected chi connectivity index (χ0v) is 14.8. The van der Waals surface area contributed by atoms with E-state index in [9.17, 15) is 13.2 Å². The van der Waals surface area contributed by atoms with Gasteiger partial charge in [-0.25, -0.2) is 8.42 Å². The molecule has 0 saturated carbocycles. The van der Waals surface area contributed by atoms with Crippen LogP contribution < -0.4 is 15.2 Å². The highest BCUT2D eigenvalue weighted by Gasteiger charge is 2.18. The van der Waals surface area contributed by atoms with Crippen LogP contribution in [-0.2, 0) is 14.8 Å². The first-order valence-corrected chi connectivity index (χ1v) is 9.23. The van der Waals surface area contributed by atoms with Crippen molar-refractivity contribution in [2.45, 2.75) is 11.8 Å². The largest absolute Gasteiger partial charge is 0.484 e. The van der Waals surface area contributed by atoms with Gasteiger partial charge in [0.15, 0.2) is 6.61 Å². The molecule has 3 aromatic rings. The van der Waals surface area contributed by atoms with Crippen molar-refractivity contribution in [3.05, 3.63) is 60.3 Å². The van der Waals surface area contributed by atoms with Crippen molar-refractivity contribution in [2.75, 3.05) is 11.3 Å². The van der Waals surface area contributed by atoms with Crippen LogP contribution in [0, 0.1) is 6.92 Å². The van der Waals surface area contributed by atoms with Gasteiger partial charge in [0, 0.05) is 17.3 Å². The molecule has 134 valence electrons. The molecule has 3 N–H and O–H groups in total. The molecular formula is C18H17N3O4S. The number of nitrogens with zero attached hydrogens (tertiary/aromatic N) is 1. The lowest BCUT2D eigenvalue weighted by Crippen LogP contribution is -2.20. The van der Waals surface area contributed by atoms with E-state index in [4.69, 9.17) is 10.5 Å². The summed E-state index contributed by atoms with van der Waals surface area (Å²) in [6.07, 6.45) is 1.63. The van der Waals surface area contributed by atoms with E-state index in [0.29, 0.717) is 17.0 Å². The SMILES string of the molecule is Cc1cnc2c(S(=O)(=O)Nc3ccc(OCC(N)=O)cc3)cccc2c1. The van der Waals surface area contributed by atoms with Gasteiger partial charge in [-0.3, -0.25) is 14.5 Å². The predicted octanol–water partition coefficient (Wildman–Crippen LogP) is 2.21. The molecule has 0 spiro atoms. The van der Waals surface area contributed by atoms with Crippen LogP contribution in [0.5, 0.6) is 5.75 Å². The minimum absolute atomic E-state index is 0.101. The Kier molecular flexibility index (Phi) is 4.77. The number of aromatic nitrogens is 1. The van der Waals surface area contributed by atoms with Crippen molar-refractivity contribution in [1.82, 2.24) is 4.98 Å². The quantitative estimate of drug-likeness (QED) is 0.690. The molecule has 8 heteroatoms. The van der Waals surface area contributed by atoms with Crippen molar-refractivity contribution >= 4 is 32.5 Å². The first-order valence-electron chi connectivity index (χ1n) is 7.74. The Morgan fingerprint density at radius 3 is 2.62 bits per heavy atom. The number of pyridine rings is 1. The fourth-order valence-electron chi connectivity index (χ4n) is 2.44. The predicted molar refractivity (Wildman–Crippen MR) is 98.4 cm³/mol. The molecule has 7 nitrogen and oxygen atoms in total. The van der Waals surface area contributed by atoms with Gasteiger partial charge < -0.3 is 10.5 Å². The van der Waals surface area contributed by atoms with Crippen molar-refractivity contribution in [1.29, 1.82) is 0 Å². The molecular weight excluding hydrogens is 354 g/mol. The van der Waals surface area contributed by atoms with Crippen LogP contribution >= 0.6 is 0 Å². The number of nitrogens with two attached hydrogens (primary N) is 1. The molecule has 0 fully saturated rings. The van der Waals surface area contributed by atoms with Crippen molar-refractivity contribution < 1.29 is 17.9 Å². The zero-order valence-electron chi connectivity index (χ0n) is 14.0. The molecule has 1 heterocycles. The highest BCUT2D eigenvalue weighted by atomic mass is 32.2. The number of primary amides is 1. The monoisotopic (exact) mass is 371 g/mol. The van der Waals surface area contributed by atoms with Gasteiger partial charge in [0.2, 0.25) is 0 Å². The number of carbonyl (C=O) groups excluding carboxylic acids is 1. The molecule has 0 saturated heterocycles. The molecule has 1 aromatic heterocycles. The molecule has 0 radical (unpaired) electrons. The average Bonchev–Trinajstić information content (AvgIpc) is 2.60. The van der Waals surface area contributed by atoms with E-state index in [1.54, 1.807) is 24.4 Å². The van der Waals surface area contributed by atoms with Gasteiger partial charge >= 0.3 is 0 Å². The van der Waals surface area contributed by atoms with E-state index in [2.05, 4.69) is 9.71 Å². The van der Waals surface area contributed by atoms with Gasteiger partial charge in [0.05, 0.1) is 5.52 Å². The molecule has 0 aliphatic carbocycles. The van der Waals surface area contributed by atoms with Gasteiger partial charge in [-0.2, -0.15) is 0 Å². The highest BCUT2D eigenvalue weighted by Crippen LogP contribution is 2.25. The lowest BCUT2D eigenvalue weighted by molar-refractivity contribution is -0.119. The molecule has 1 amide bonds. The maximum absolute atomic E-state index is 12.8. The van der Waals surface area contributed by atoms with Gasteiger partial charge in [0.1, 0.15) is 10.6 Å². The van der Waals surface area contributed by atoms with E-state index in [1.165, 1.54) is 18.2 Å². The Hall–Kier alpha value is -3.13. The molecule has 0 bridgehead atoms. The molecule has 26 heavy (non-hydrogen) atoms. The molecule has 0 unspecified atom stereocenters.